The highest BCUT2D eigenvalue weighted by Crippen LogP contribution is 2.28. The van der Waals surface area contributed by atoms with E-state index in [-0.39, 0.29) is 11.5 Å². The van der Waals surface area contributed by atoms with E-state index in [0.29, 0.717) is 79.8 Å². The number of hydrogen-bond acceptors (Lipinski definition) is 10. The van der Waals surface area contributed by atoms with Gasteiger partial charge >= 0.3 is 0 Å². The largest absolute Gasteiger partial charge is 0.481 e. The fourth-order valence-corrected chi connectivity index (χ4v) is 4.87. The molecule has 1 saturated heterocycles. The van der Waals surface area contributed by atoms with Gasteiger partial charge in [-0.15, -0.1) is 0 Å². The van der Waals surface area contributed by atoms with Crippen molar-refractivity contribution in [1.29, 1.82) is 0 Å². The minimum Gasteiger partial charge on any atom is -0.481 e. The van der Waals surface area contributed by atoms with Crippen molar-refractivity contribution < 1.29 is 14.6 Å². The number of aromatic nitrogens is 5. The van der Waals surface area contributed by atoms with Crippen molar-refractivity contribution in [3.63, 3.8) is 0 Å². The van der Waals surface area contributed by atoms with E-state index in [9.17, 15) is 9.90 Å². The maximum atomic E-state index is 12.5. The summed E-state index contributed by atoms with van der Waals surface area (Å²) in [7, 11) is 1.53. The summed E-state index contributed by atoms with van der Waals surface area (Å²) in [4.78, 5) is 32.0. The fraction of sp³-hybridized carbons (Fsp3) is 0.522. The minimum absolute atomic E-state index is 0.0449. The third-order valence-corrected chi connectivity index (χ3v) is 6.77. The molecule has 3 aromatic heterocycles. The molecular weight excluding hydrogens is 474 g/mol. The number of pyridine rings is 1. The molecule has 0 saturated carbocycles. The Balaban J connectivity index is 1.17. The molecule has 2 aliphatic heterocycles. The standard InChI is InChI=1S/C23H28ClN7O4/c1-34-19-5-4-16-22(29-19)31(20(33)11-26-16)7-6-30-12-14(17(32)13-30)9-25-10-18-27-21(24)15-3-2-8-35-23(15)28-18/h4-5,11,14,17,25,32H,2-3,6-10,12-13H2,1H3/t14-,17+/m0/s1. The number of fused-ring (bicyclic) bond motifs is 2. The molecule has 0 radical (unpaired) electrons. The van der Waals surface area contributed by atoms with Gasteiger partial charge in [0.15, 0.2) is 5.65 Å². The van der Waals surface area contributed by atoms with Gasteiger partial charge in [-0.3, -0.25) is 14.3 Å². The first kappa shape index (κ1) is 23.9. The van der Waals surface area contributed by atoms with Crippen LogP contribution in [-0.4, -0.2) is 80.5 Å². The molecule has 5 heterocycles. The molecule has 186 valence electrons. The number of likely N-dealkylation sites (tertiary alicyclic amines) is 1. The number of aliphatic hydroxyl groups excluding tert-OH is 1. The molecule has 0 unspecified atom stereocenters. The number of methoxy groups -OCH3 is 1. The van der Waals surface area contributed by atoms with Crippen LogP contribution in [0.3, 0.4) is 0 Å². The van der Waals surface area contributed by atoms with E-state index in [1.807, 2.05) is 0 Å². The second-order valence-electron chi connectivity index (χ2n) is 8.83. The van der Waals surface area contributed by atoms with Gasteiger partial charge in [-0.05, 0) is 18.9 Å². The molecule has 0 aliphatic carbocycles. The number of halogens is 1. The molecule has 2 atom stereocenters. The lowest BCUT2D eigenvalue weighted by Crippen LogP contribution is -2.32. The average Bonchev–Trinajstić information content (AvgIpc) is 3.22. The van der Waals surface area contributed by atoms with E-state index in [1.165, 1.54) is 13.3 Å². The number of β-amino-alcohol motifs (C(OH)–C–C–N with tert-alkyl or cyclic N) is 1. The van der Waals surface area contributed by atoms with E-state index in [4.69, 9.17) is 21.1 Å². The van der Waals surface area contributed by atoms with Gasteiger partial charge in [-0.25, -0.2) is 9.97 Å². The molecule has 0 amide bonds. The SMILES string of the molecule is COc1ccc2ncc(=O)n(CCN3C[C@H](CNCc4nc(Cl)c5c(n4)OCCC5)[C@H](O)C3)c2n1. The summed E-state index contributed by atoms with van der Waals surface area (Å²) >= 11 is 6.30. The maximum absolute atomic E-state index is 12.5. The number of hydrogen-bond donors (Lipinski definition) is 2. The third kappa shape index (κ3) is 5.22. The number of ether oxygens (including phenoxy) is 2. The Kier molecular flexibility index (Phi) is 7.09. The molecule has 2 aliphatic rings. The van der Waals surface area contributed by atoms with E-state index >= 15 is 0 Å². The van der Waals surface area contributed by atoms with Gasteiger partial charge in [-0.2, -0.15) is 9.97 Å². The van der Waals surface area contributed by atoms with Crippen LogP contribution in [-0.2, 0) is 19.5 Å². The van der Waals surface area contributed by atoms with Crippen molar-refractivity contribution in [1.82, 2.24) is 34.7 Å². The van der Waals surface area contributed by atoms with Gasteiger partial charge in [0, 0.05) is 44.7 Å². The van der Waals surface area contributed by atoms with Crippen molar-refractivity contribution in [2.45, 2.75) is 32.0 Å². The second kappa shape index (κ2) is 10.4. The molecule has 11 nitrogen and oxygen atoms in total. The minimum atomic E-state index is -0.469. The van der Waals surface area contributed by atoms with Crippen LogP contribution >= 0.6 is 11.6 Å². The number of nitrogens with zero attached hydrogens (tertiary/aromatic N) is 6. The number of rotatable bonds is 8. The monoisotopic (exact) mass is 501 g/mol. The first-order valence-electron chi connectivity index (χ1n) is 11.7. The normalized spacial score (nSPS) is 20.1. The molecule has 1 fully saturated rings. The van der Waals surface area contributed by atoms with Crippen molar-refractivity contribution in [2.75, 3.05) is 39.9 Å². The van der Waals surface area contributed by atoms with E-state index in [1.54, 1.807) is 16.7 Å². The second-order valence-corrected chi connectivity index (χ2v) is 9.19. The molecule has 0 spiro atoms. The van der Waals surface area contributed by atoms with Crippen LogP contribution in [0.25, 0.3) is 11.2 Å². The Morgan fingerprint density at radius 1 is 1.26 bits per heavy atom. The molecule has 5 rings (SSSR count). The summed E-state index contributed by atoms with van der Waals surface area (Å²) in [6, 6.07) is 3.50. The Bertz CT molecular complexity index is 1270. The summed E-state index contributed by atoms with van der Waals surface area (Å²) in [5.41, 5.74) is 1.77. The molecule has 0 bridgehead atoms. The van der Waals surface area contributed by atoms with Crippen LogP contribution < -0.4 is 20.3 Å². The molecular formula is C23H28ClN7O4. The highest BCUT2D eigenvalue weighted by molar-refractivity contribution is 6.30. The lowest BCUT2D eigenvalue weighted by Gasteiger charge is -2.18. The summed E-state index contributed by atoms with van der Waals surface area (Å²) in [5.74, 6) is 1.62. The zero-order valence-electron chi connectivity index (χ0n) is 19.5. The van der Waals surface area contributed by atoms with Gasteiger partial charge in [0.2, 0.25) is 11.8 Å². The predicted molar refractivity (Wildman–Crippen MR) is 129 cm³/mol. The van der Waals surface area contributed by atoms with Gasteiger partial charge < -0.3 is 19.9 Å². The van der Waals surface area contributed by atoms with Crippen LogP contribution in [0, 0.1) is 5.92 Å². The molecule has 12 heteroatoms. The zero-order chi connectivity index (χ0) is 24.4. The van der Waals surface area contributed by atoms with Gasteiger partial charge in [0.25, 0.3) is 5.56 Å². The Hall–Kier alpha value is -2.86. The van der Waals surface area contributed by atoms with E-state index in [0.717, 1.165) is 18.4 Å². The summed E-state index contributed by atoms with van der Waals surface area (Å²) in [6.45, 7) is 3.97. The van der Waals surface area contributed by atoms with Crippen molar-refractivity contribution in [3.05, 3.63) is 45.2 Å². The molecule has 2 N–H and O–H groups in total. The summed E-state index contributed by atoms with van der Waals surface area (Å²) in [5, 5.41) is 14.4. The van der Waals surface area contributed by atoms with Gasteiger partial charge in [0.1, 0.15) is 16.5 Å². The van der Waals surface area contributed by atoms with Crippen LogP contribution in [0.1, 0.15) is 17.8 Å². The molecule has 35 heavy (non-hydrogen) atoms. The Labute approximate surface area is 207 Å². The zero-order valence-corrected chi connectivity index (χ0v) is 20.2. The van der Waals surface area contributed by atoms with Crippen molar-refractivity contribution in [3.8, 4) is 11.8 Å². The maximum Gasteiger partial charge on any atom is 0.270 e. The van der Waals surface area contributed by atoms with Gasteiger partial charge in [-0.1, -0.05) is 11.6 Å². The topological polar surface area (TPSA) is 128 Å². The first-order valence-corrected chi connectivity index (χ1v) is 12.1. The van der Waals surface area contributed by atoms with Crippen molar-refractivity contribution >= 4 is 22.8 Å². The smallest absolute Gasteiger partial charge is 0.270 e. The average molecular weight is 502 g/mol. The Morgan fingerprint density at radius 3 is 3.00 bits per heavy atom. The Morgan fingerprint density at radius 2 is 2.14 bits per heavy atom. The number of aliphatic hydroxyl groups is 1. The van der Waals surface area contributed by atoms with E-state index in [2.05, 4.69) is 30.2 Å². The molecule has 3 aromatic rings. The van der Waals surface area contributed by atoms with Crippen LogP contribution in [0.15, 0.2) is 23.1 Å². The van der Waals surface area contributed by atoms with E-state index < -0.39 is 6.10 Å². The lowest BCUT2D eigenvalue weighted by atomic mass is 10.1. The van der Waals surface area contributed by atoms with Gasteiger partial charge in [0.05, 0.1) is 38.1 Å². The van der Waals surface area contributed by atoms with Crippen LogP contribution in [0.5, 0.6) is 11.8 Å². The highest BCUT2D eigenvalue weighted by Gasteiger charge is 2.31. The summed E-state index contributed by atoms with van der Waals surface area (Å²) < 4.78 is 12.4. The molecule has 0 aromatic carbocycles. The van der Waals surface area contributed by atoms with Crippen LogP contribution in [0.4, 0.5) is 0 Å². The third-order valence-electron chi connectivity index (χ3n) is 6.46. The summed E-state index contributed by atoms with van der Waals surface area (Å²) in [6.07, 6.45) is 2.59. The number of nitrogens with one attached hydrogen (secondary N) is 1. The van der Waals surface area contributed by atoms with Crippen molar-refractivity contribution in [2.24, 2.45) is 5.92 Å². The first-order chi connectivity index (χ1) is 17.0. The predicted octanol–water partition coefficient (Wildman–Crippen LogP) is 0.651. The quantitative estimate of drug-likeness (QED) is 0.424. The van der Waals surface area contributed by atoms with Crippen LogP contribution in [0.2, 0.25) is 5.15 Å². The highest BCUT2D eigenvalue weighted by atomic mass is 35.5. The fourth-order valence-electron chi connectivity index (χ4n) is 4.59. The lowest BCUT2D eigenvalue weighted by molar-refractivity contribution is 0.140.